The van der Waals surface area contributed by atoms with Crippen molar-refractivity contribution >= 4 is 12.6 Å². The van der Waals surface area contributed by atoms with Crippen LogP contribution in [0.15, 0.2) is 18.2 Å². The zero-order chi connectivity index (χ0) is 9.84. The average molecular weight is 178 g/mol. The molecule has 0 aromatic heterocycles. The Morgan fingerprint density at radius 2 is 2.08 bits per heavy atom. The van der Waals surface area contributed by atoms with Gasteiger partial charge in [0, 0.05) is 0 Å². The molecule has 0 atom stereocenters. The molecule has 1 aliphatic rings. The maximum atomic E-state index is 9.28. The third-order valence-corrected chi connectivity index (χ3v) is 1.96. The van der Waals surface area contributed by atoms with Gasteiger partial charge in [0.1, 0.15) is 0 Å². The van der Waals surface area contributed by atoms with Gasteiger partial charge in [0.05, 0.1) is 6.61 Å². The summed E-state index contributed by atoms with van der Waals surface area (Å²) in [5, 5.41) is 9.28. The second-order valence-corrected chi connectivity index (χ2v) is 2.87. The van der Waals surface area contributed by atoms with Gasteiger partial charge in [-0.1, -0.05) is 37.6 Å². The first-order valence-electron chi connectivity index (χ1n) is 4.66. The summed E-state index contributed by atoms with van der Waals surface area (Å²) < 4.78 is 5.03. The Balaban J connectivity index is 0.000000396. The van der Waals surface area contributed by atoms with Crippen LogP contribution in [0.5, 0.6) is 0 Å². The molecule has 1 aliphatic heterocycles. The SMILES string of the molecule is CC.Cc1ccc2c(c1)B(O)OC2. The van der Waals surface area contributed by atoms with E-state index in [2.05, 4.69) is 0 Å². The summed E-state index contributed by atoms with van der Waals surface area (Å²) in [5.74, 6) is 0. The molecular weight excluding hydrogens is 163 g/mol. The summed E-state index contributed by atoms with van der Waals surface area (Å²) in [7, 11) is -0.704. The van der Waals surface area contributed by atoms with Gasteiger partial charge >= 0.3 is 7.12 Å². The Bertz CT molecular complexity index is 286. The molecule has 0 saturated heterocycles. The molecule has 0 unspecified atom stereocenters. The molecule has 2 nitrogen and oxygen atoms in total. The summed E-state index contributed by atoms with van der Waals surface area (Å²) in [6.45, 7) is 6.54. The molecule has 0 radical (unpaired) electrons. The summed E-state index contributed by atoms with van der Waals surface area (Å²) in [4.78, 5) is 0. The normalized spacial score (nSPS) is 13.4. The zero-order valence-electron chi connectivity index (χ0n) is 8.37. The Morgan fingerprint density at radius 3 is 2.77 bits per heavy atom. The van der Waals surface area contributed by atoms with E-state index in [0.717, 1.165) is 16.6 Å². The standard InChI is InChI=1S/C8H9BO2.C2H6/c1-6-2-3-7-5-11-9(10)8(7)4-6;1-2/h2-4,10H,5H2,1H3;1-2H3. The fourth-order valence-corrected chi connectivity index (χ4v) is 1.33. The van der Waals surface area contributed by atoms with Gasteiger partial charge < -0.3 is 9.68 Å². The molecule has 13 heavy (non-hydrogen) atoms. The fourth-order valence-electron chi connectivity index (χ4n) is 1.33. The molecule has 1 heterocycles. The van der Waals surface area contributed by atoms with Crippen molar-refractivity contribution in [3.05, 3.63) is 29.3 Å². The molecule has 70 valence electrons. The largest absolute Gasteiger partial charge is 0.491 e. The zero-order valence-corrected chi connectivity index (χ0v) is 8.37. The molecule has 1 aromatic carbocycles. The van der Waals surface area contributed by atoms with Gasteiger partial charge in [-0.25, -0.2) is 0 Å². The molecule has 0 aliphatic carbocycles. The van der Waals surface area contributed by atoms with Gasteiger partial charge in [0.2, 0.25) is 0 Å². The van der Waals surface area contributed by atoms with Crippen molar-refractivity contribution in [2.75, 3.05) is 0 Å². The Hall–Kier alpha value is -0.795. The number of aryl methyl sites for hydroxylation is 1. The number of hydrogen-bond acceptors (Lipinski definition) is 2. The van der Waals surface area contributed by atoms with Crippen LogP contribution >= 0.6 is 0 Å². The molecule has 2 rings (SSSR count). The minimum Gasteiger partial charge on any atom is -0.423 e. The van der Waals surface area contributed by atoms with Crippen molar-refractivity contribution < 1.29 is 9.68 Å². The van der Waals surface area contributed by atoms with Crippen LogP contribution in [0.25, 0.3) is 0 Å². The fraction of sp³-hybridized carbons (Fsp3) is 0.400. The van der Waals surface area contributed by atoms with Gasteiger partial charge in [0.15, 0.2) is 0 Å². The molecule has 0 amide bonds. The predicted molar refractivity (Wildman–Crippen MR) is 54.9 cm³/mol. The minimum absolute atomic E-state index is 0.538. The molecule has 1 aromatic rings. The van der Waals surface area contributed by atoms with Crippen molar-refractivity contribution in [1.82, 2.24) is 0 Å². The second kappa shape index (κ2) is 4.44. The molecule has 0 bridgehead atoms. The lowest BCUT2D eigenvalue weighted by Gasteiger charge is -1.98. The molecular formula is C10H15BO2. The predicted octanol–water partition coefficient (Wildman–Crippen LogP) is 1.24. The van der Waals surface area contributed by atoms with Gasteiger partial charge in [-0.05, 0) is 17.9 Å². The van der Waals surface area contributed by atoms with Crippen molar-refractivity contribution in [2.24, 2.45) is 0 Å². The van der Waals surface area contributed by atoms with Crippen LogP contribution < -0.4 is 5.46 Å². The molecule has 0 spiro atoms. The van der Waals surface area contributed by atoms with Crippen LogP contribution in [-0.4, -0.2) is 12.1 Å². The molecule has 1 N–H and O–H groups in total. The van der Waals surface area contributed by atoms with E-state index in [1.165, 1.54) is 0 Å². The molecule has 0 saturated carbocycles. The summed E-state index contributed by atoms with van der Waals surface area (Å²) >= 11 is 0. The van der Waals surface area contributed by atoms with E-state index in [9.17, 15) is 5.02 Å². The number of fused-ring (bicyclic) bond motifs is 1. The highest BCUT2D eigenvalue weighted by atomic mass is 16.5. The smallest absolute Gasteiger partial charge is 0.423 e. The Kier molecular flexibility index (Phi) is 3.52. The highest BCUT2D eigenvalue weighted by molar-refractivity contribution is 6.61. The van der Waals surface area contributed by atoms with Crippen LogP contribution in [0.4, 0.5) is 0 Å². The summed E-state index contributed by atoms with van der Waals surface area (Å²) in [5.41, 5.74) is 3.18. The first-order valence-corrected chi connectivity index (χ1v) is 4.66. The third-order valence-electron chi connectivity index (χ3n) is 1.96. The van der Waals surface area contributed by atoms with Crippen molar-refractivity contribution in [3.63, 3.8) is 0 Å². The van der Waals surface area contributed by atoms with Crippen LogP contribution in [0.3, 0.4) is 0 Å². The summed E-state index contributed by atoms with van der Waals surface area (Å²) in [6, 6.07) is 5.99. The number of benzene rings is 1. The van der Waals surface area contributed by atoms with Crippen LogP contribution in [0, 0.1) is 6.92 Å². The lowest BCUT2D eigenvalue weighted by atomic mass is 9.79. The minimum atomic E-state index is -0.704. The maximum Gasteiger partial charge on any atom is 0.491 e. The molecule has 0 fully saturated rings. The van der Waals surface area contributed by atoms with Gasteiger partial charge in [-0.2, -0.15) is 0 Å². The lowest BCUT2D eigenvalue weighted by Crippen LogP contribution is -2.28. The van der Waals surface area contributed by atoms with E-state index in [0.29, 0.717) is 6.61 Å². The highest BCUT2D eigenvalue weighted by Crippen LogP contribution is 2.10. The Morgan fingerprint density at radius 1 is 1.38 bits per heavy atom. The third kappa shape index (κ3) is 2.11. The van der Waals surface area contributed by atoms with Gasteiger partial charge in [-0.15, -0.1) is 0 Å². The highest BCUT2D eigenvalue weighted by Gasteiger charge is 2.26. The van der Waals surface area contributed by atoms with E-state index >= 15 is 0 Å². The van der Waals surface area contributed by atoms with Crippen molar-refractivity contribution in [2.45, 2.75) is 27.4 Å². The van der Waals surface area contributed by atoms with E-state index in [1.807, 2.05) is 39.0 Å². The maximum absolute atomic E-state index is 9.28. The molecule has 3 heteroatoms. The number of rotatable bonds is 0. The second-order valence-electron chi connectivity index (χ2n) is 2.87. The van der Waals surface area contributed by atoms with E-state index < -0.39 is 7.12 Å². The van der Waals surface area contributed by atoms with Gasteiger partial charge in [-0.3, -0.25) is 0 Å². The van der Waals surface area contributed by atoms with E-state index in [1.54, 1.807) is 0 Å². The van der Waals surface area contributed by atoms with Crippen LogP contribution in [0.2, 0.25) is 0 Å². The average Bonchev–Trinajstić information content (AvgIpc) is 2.52. The topological polar surface area (TPSA) is 29.5 Å². The lowest BCUT2D eigenvalue weighted by molar-refractivity contribution is 0.275. The van der Waals surface area contributed by atoms with Gasteiger partial charge in [0.25, 0.3) is 0 Å². The van der Waals surface area contributed by atoms with Crippen LogP contribution in [-0.2, 0) is 11.3 Å². The summed E-state index contributed by atoms with van der Waals surface area (Å²) in [6.07, 6.45) is 0. The van der Waals surface area contributed by atoms with Crippen molar-refractivity contribution in [1.29, 1.82) is 0 Å². The quantitative estimate of drug-likeness (QED) is 0.605. The van der Waals surface area contributed by atoms with Crippen molar-refractivity contribution in [3.8, 4) is 0 Å². The first-order chi connectivity index (χ1) is 6.27. The number of hydrogen-bond donors (Lipinski definition) is 1. The van der Waals surface area contributed by atoms with E-state index in [-0.39, 0.29) is 0 Å². The first kappa shape index (κ1) is 10.3. The Labute approximate surface area is 79.7 Å². The monoisotopic (exact) mass is 178 g/mol. The van der Waals surface area contributed by atoms with E-state index in [4.69, 9.17) is 4.65 Å². The van der Waals surface area contributed by atoms with Crippen LogP contribution in [0.1, 0.15) is 25.0 Å².